The predicted octanol–water partition coefficient (Wildman–Crippen LogP) is -1.12. The van der Waals surface area contributed by atoms with E-state index in [4.69, 9.17) is 10.2 Å². The van der Waals surface area contributed by atoms with Crippen molar-refractivity contribution in [2.75, 3.05) is 26.4 Å². The van der Waals surface area contributed by atoms with Gasteiger partial charge in [-0.15, -0.1) is 0 Å². The van der Waals surface area contributed by atoms with Crippen LogP contribution in [0, 0.1) is 0 Å². The highest BCUT2D eigenvalue weighted by atomic mass is 16.5. The van der Waals surface area contributed by atoms with Gasteiger partial charge in [0.15, 0.2) is 0 Å². The second kappa shape index (κ2) is 5.90. The lowest BCUT2D eigenvalue weighted by Gasteiger charge is -2.25. The van der Waals surface area contributed by atoms with Crippen molar-refractivity contribution in [2.45, 2.75) is 19.4 Å². The third-order valence-corrected chi connectivity index (χ3v) is 1.66. The van der Waals surface area contributed by atoms with Gasteiger partial charge in [0, 0.05) is 0 Å². The molecule has 0 bridgehead atoms. The fourth-order valence-electron chi connectivity index (χ4n) is 0.659. The van der Waals surface area contributed by atoms with Crippen molar-refractivity contribution in [3.8, 4) is 0 Å². The molecule has 0 fully saturated rings. The molecular weight excluding hydrogens is 174 g/mol. The molecule has 5 nitrogen and oxygen atoms in total. The van der Waals surface area contributed by atoms with Crippen LogP contribution in [0.1, 0.15) is 13.8 Å². The standard InChI is InChI=1S/C8H17NO4/c1-3-13-7(12)4-9-8(2,5-10)6-11/h9-11H,3-6H2,1-2H3. The first kappa shape index (κ1) is 12.3. The third kappa shape index (κ3) is 4.82. The van der Waals surface area contributed by atoms with E-state index in [2.05, 4.69) is 10.1 Å². The fourth-order valence-corrected chi connectivity index (χ4v) is 0.659. The van der Waals surface area contributed by atoms with Crippen LogP contribution in [-0.2, 0) is 9.53 Å². The molecule has 78 valence electrons. The molecule has 0 saturated heterocycles. The lowest BCUT2D eigenvalue weighted by atomic mass is 10.1. The van der Waals surface area contributed by atoms with Crippen LogP contribution in [0.2, 0.25) is 0 Å². The molecule has 0 aromatic rings. The monoisotopic (exact) mass is 191 g/mol. The first-order valence-electron chi connectivity index (χ1n) is 4.20. The molecule has 0 aliphatic heterocycles. The van der Waals surface area contributed by atoms with Crippen LogP contribution in [0.25, 0.3) is 0 Å². The normalized spacial score (nSPS) is 11.4. The topological polar surface area (TPSA) is 78.8 Å². The summed E-state index contributed by atoms with van der Waals surface area (Å²) in [7, 11) is 0. The largest absolute Gasteiger partial charge is 0.465 e. The SMILES string of the molecule is CCOC(=O)CNC(C)(CO)CO. The minimum absolute atomic E-state index is 0.00847. The lowest BCUT2D eigenvalue weighted by molar-refractivity contribution is -0.142. The highest BCUT2D eigenvalue weighted by Crippen LogP contribution is 1.99. The Hall–Kier alpha value is -0.650. The van der Waals surface area contributed by atoms with Crippen LogP contribution in [0.4, 0.5) is 0 Å². The van der Waals surface area contributed by atoms with Gasteiger partial charge in [-0.2, -0.15) is 0 Å². The van der Waals surface area contributed by atoms with Crippen molar-refractivity contribution in [2.24, 2.45) is 0 Å². The summed E-state index contributed by atoms with van der Waals surface area (Å²) in [6.45, 7) is 3.19. The maximum absolute atomic E-state index is 10.9. The fraction of sp³-hybridized carbons (Fsp3) is 0.875. The quantitative estimate of drug-likeness (QED) is 0.464. The van der Waals surface area contributed by atoms with E-state index in [-0.39, 0.29) is 19.8 Å². The third-order valence-electron chi connectivity index (χ3n) is 1.66. The molecule has 0 aliphatic rings. The van der Waals surface area contributed by atoms with Gasteiger partial charge in [-0.25, -0.2) is 0 Å². The van der Waals surface area contributed by atoms with E-state index in [1.54, 1.807) is 13.8 Å². The Balaban J connectivity index is 3.78. The van der Waals surface area contributed by atoms with E-state index in [1.807, 2.05) is 0 Å². The summed E-state index contributed by atoms with van der Waals surface area (Å²) in [6, 6.07) is 0. The van der Waals surface area contributed by atoms with Crippen molar-refractivity contribution in [3.05, 3.63) is 0 Å². The van der Waals surface area contributed by atoms with Crippen LogP contribution >= 0.6 is 0 Å². The Morgan fingerprint density at radius 2 is 2.00 bits per heavy atom. The van der Waals surface area contributed by atoms with Crippen molar-refractivity contribution in [1.29, 1.82) is 0 Å². The minimum atomic E-state index is -0.827. The molecule has 0 rings (SSSR count). The summed E-state index contributed by atoms with van der Waals surface area (Å²) < 4.78 is 4.66. The molecule has 0 amide bonds. The van der Waals surface area contributed by atoms with Gasteiger partial charge in [-0.1, -0.05) is 0 Å². The van der Waals surface area contributed by atoms with E-state index in [0.717, 1.165) is 0 Å². The highest BCUT2D eigenvalue weighted by molar-refractivity contribution is 5.71. The summed E-state index contributed by atoms with van der Waals surface area (Å²) in [6.07, 6.45) is 0. The number of carbonyl (C=O) groups excluding carboxylic acids is 1. The summed E-state index contributed by atoms with van der Waals surface area (Å²) in [5.41, 5.74) is -0.827. The summed E-state index contributed by atoms with van der Waals surface area (Å²) in [5, 5.41) is 20.4. The van der Waals surface area contributed by atoms with Gasteiger partial charge in [-0.3, -0.25) is 10.1 Å². The molecule has 0 aliphatic carbocycles. The summed E-state index contributed by atoms with van der Waals surface area (Å²) in [4.78, 5) is 10.9. The zero-order valence-electron chi connectivity index (χ0n) is 8.04. The smallest absolute Gasteiger partial charge is 0.319 e. The number of carbonyl (C=O) groups is 1. The first-order chi connectivity index (χ1) is 6.08. The number of hydrogen-bond donors (Lipinski definition) is 3. The van der Waals surface area contributed by atoms with Gasteiger partial charge in [0.05, 0.1) is 31.9 Å². The number of aliphatic hydroxyl groups is 2. The van der Waals surface area contributed by atoms with Crippen LogP contribution in [-0.4, -0.2) is 48.1 Å². The van der Waals surface area contributed by atoms with Gasteiger partial charge < -0.3 is 14.9 Å². The number of aliphatic hydroxyl groups excluding tert-OH is 2. The Bertz CT molecular complexity index is 156. The Labute approximate surface area is 77.7 Å². The Morgan fingerprint density at radius 3 is 2.38 bits per heavy atom. The molecular formula is C8H17NO4. The van der Waals surface area contributed by atoms with E-state index in [1.165, 1.54) is 0 Å². The maximum atomic E-state index is 10.9. The molecule has 0 unspecified atom stereocenters. The van der Waals surface area contributed by atoms with Crippen LogP contribution < -0.4 is 5.32 Å². The number of hydrogen-bond acceptors (Lipinski definition) is 5. The van der Waals surface area contributed by atoms with E-state index < -0.39 is 11.5 Å². The van der Waals surface area contributed by atoms with Crippen molar-refractivity contribution >= 4 is 5.97 Å². The Kier molecular flexibility index (Phi) is 5.61. The molecule has 5 heteroatoms. The average Bonchev–Trinajstić information content (AvgIpc) is 2.15. The van der Waals surface area contributed by atoms with Crippen LogP contribution in [0.5, 0.6) is 0 Å². The zero-order chi connectivity index (χ0) is 10.3. The van der Waals surface area contributed by atoms with Gasteiger partial charge >= 0.3 is 5.97 Å². The average molecular weight is 191 g/mol. The molecule has 0 radical (unpaired) electrons. The molecule has 0 heterocycles. The first-order valence-corrected chi connectivity index (χ1v) is 4.20. The van der Waals surface area contributed by atoms with E-state index in [9.17, 15) is 4.79 Å². The molecule has 0 atom stereocenters. The molecule has 0 aromatic heterocycles. The number of esters is 1. The van der Waals surface area contributed by atoms with Gasteiger partial charge in [0.25, 0.3) is 0 Å². The number of nitrogens with one attached hydrogen (secondary N) is 1. The second-order valence-electron chi connectivity index (χ2n) is 3.04. The number of rotatable bonds is 6. The summed E-state index contributed by atoms with van der Waals surface area (Å²) in [5.74, 6) is -0.393. The molecule has 3 N–H and O–H groups in total. The lowest BCUT2D eigenvalue weighted by Crippen LogP contribution is -2.51. The van der Waals surface area contributed by atoms with Crippen LogP contribution in [0.15, 0.2) is 0 Å². The van der Waals surface area contributed by atoms with Crippen molar-refractivity contribution in [1.82, 2.24) is 5.32 Å². The highest BCUT2D eigenvalue weighted by Gasteiger charge is 2.22. The predicted molar refractivity (Wildman–Crippen MR) is 47.2 cm³/mol. The minimum Gasteiger partial charge on any atom is -0.465 e. The zero-order valence-corrected chi connectivity index (χ0v) is 8.04. The van der Waals surface area contributed by atoms with Gasteiger partial charge in [0.2, 0.25) is 0 Å². The van der Waals surface area contributed by atoms with Crippen molar-refractivity contribution in [3.63, 3.8) is 0 Å². The van der Waals surface area contributed by atoms with E-state index in [0.29, 0.717) is 6.61 Å². The second-order valence-corrected chi connectivity index (χ2v) is 3.04. The number of ether oxygens (including phenoxy) is 1. The van der Waals surface area contributed by atoms with Gasteiger partial charge in [0.1, 0.15) is 0 Å². The summed E-state index contributed by atoms with van der Waals surface area (Å²) >= 11 is 0. The van der Waals surface area contributed by atoms with Crippen molar-refractivity contribution < 1.29 is 19.7 Å². The molecule has 13 heavy (non-hydrogen) atoms. The van der Waals surface area contributed by atoms with Gasteiger partial charge in [-0.05, 0) is 13.8 Å². The van der Waals surface area contributed by atoms with E-state index >= 15 is 0 Å². The Morgan fingerprint density at radius 1 is 1.46 bits per heavy atom. The molecule has 0 spiro atoms. The maximum Gasteiger partial charge on any atom is 0.319 e. The molecule has 0 saturated carbocycles. The molecule has 0 aromatic carbocycles. The van der Waals surface area contributed by atoms with Crippen LogP contribution in [0.3, 0.4) is 0 Å².